The van der Waals surface area contributed by atoms with E-state index < -0.39 is 35.0 Å². The van der Waals surface area contributed by atoms with Gasteiger partial charge in [-0.15, -0.1) is 0 Å². The van der Waals surface area contributed by atoms with Gasteiger partial charge in [0, 0.05) is 18.7 Å². The number of hydrogen-bond donors (Lipinski definition) is 0. The van der Waals surface area contributed by atoms with Crippen LogP contribution in [0.15, 0.2) is 47.4 Å². The van der Waals surface area contributed by atoms with E-state index in [1.165, 1.54) is 40.7 Å². The molecule has 0 aliphatic carbocycles. The Kier molecular flexibility index (Phi) is 8.49. The minimum absolute atomic E-state index is 0.0375. The molecule has 0 fully saturated rings. The number of carbonyl (C=O) groups excluding carboxylic acids is 2. The second-order valence-electron chi connectivity index (χ2n) is 6.13. The van der Waals surface area contributed by atoms with E-state index in [0.717, 1.165) is 6.07 Å². The van der Waals surface area contributed by atoms with E-state index in [1.807, 2.05) is 0 Å². The molecule has 0 aliphatic heterocycles. The van der Waals surface area contributed by atoms with Gasteiger partial charge in [-0.3, -0.25) is 4.79 Å². The van der Waals surface area contributed by atoms with Crippen LogP contribution < -0.4 is 4.74 Å². The minimum Gasteiger partial charge on any atom is -0.454 e. The van der Waals surface area contributed by atoms with E-state index in [-0.39, 0.29) is 39.9 Å². The zero-order valence-electron chi connectivity index (χ0n) is 16.7. The number of alkyl halides is 2. The van der Waals surface area contributed by atoms with Crippen LogP contribution >= 0.6 is 11.6 Å². The Labute approximate surface area is 183 Å². The zero-order chi connectivity index (χ0) is 23.2. The normalized spacial score (nSPS) is 11.6. The molecule has 0 N–H and O–H groups in total. The van der Waals surface area contributed by atoms with Crippen molar-refractivity contribution in [3.63, 3.8) is 0 Å². The van der Waals surface area contributed by atoms with Crippen molar-refractivity contribution in [1.29, 1.82) is 0 Å². The number of ketones is 1. The average Bonchev–Trinajstić information content (AvgIpc) is 2.72. The number of carbonyl (C=O) groups is 2. The van der Waals surface area contributed by atoms with Crippen molar-refractivity contribution in [2.24, 2.45) is 0 Å². The maximum Gasteiger partial charge on any atom is 0.387 e. The molecule has 0 unspecified atom stereocenters. The zero-order valence-corrected chi connectivity index (χ0v) is 18.3. The average molecular weight is 476 g/mol. The molecule has 168 valence electrons. The molecule has 0 bridgehead atoms. The molecule has 0 saturated heterocycles. The van der Waals surface area contributed by atoms with Crippen LogP contribution in [0.2, 0.25) is 5.02 Å². The molecule has 0 aromatic heterocycles. The predicted octanol–water partition coefficient (Wildman–Crippen LogP) is 4.01. The lowest BCUT2D eigenvalue weighted by molar-refractivity contribution is -0.0498. The van der Waals surface area contributed by atoms with Gasteiger partial charge < -0.3 is 9.47 Å². The van der Waals surface area contributed by atoms with Gasteiger partial charge in [0.2, 0.25) is 10.0 Å². The minimum atomic E-state index is -3.83. The van der Waals surface area contributed by atoms with Gasteiger partial charge in [-0.2, -0.15) is 13.1 Å². The van der Waals surface area contributed by atoms with E-state index in [2.05, 4.69) is 4.74 Å². The number of esters is 1. The molecule has 2 rings (SSSR count). The smallest absolute Gasteiger partial charge is 0.387 e. The lowest BCUT2D eigenvalue weighted by Gasteiger charge is -2.19. The summed E-state index contributed by atoms with van der Waals surface area (Å²) in [5.74, 6) is -1.70. The fraction of sp³-hybridized carbons (Fsp3) is 0.300. The Hall–Kier alpha value is -2.56. The maximum atomic E-state index is 12.6. The summed E-state index contributed by atoms with van der Waals surface area (Å²) < 4.78 is 60.0. The highest BCUT2D eigenvalue weighted by molar-refractivity contribution is 7.89. The fourth-order valence-corrected chi connectivity index (χ4v) is 4.33. The van der Waals surface area contributed by atoms with Crippen molar-refractivity contribution in [3.8, 4) is 5.75 Å². The molecule has 0 amide bonds. The van der Waals surface area contributed by atoms with E-state index in [4.69, 9.17) is 16.3 Å². The Bertz CT molecular complexity index is 1040. The summed E-state index contributed by atoms with van der Waals surface area (Å²) in [5.41, 5.74) is -0.0956. The molecule has 0 atom stereocenters. The van der Waals surface area contributed by atoms with Gasteiger partial charge in [-0.05, 0) is 42.5 Å². The first-order chi connectivity index (χ1) is 14.6. The van der Waals surface area contributed by atoms with Gasteiger partial charge in [-0.1, -0.05) is 25.4 Å². The topological polar surface area (TPSA) is 90.0 Å². The largest absolute Gasteiger partial charge is 0.454 e. The summed E-state index contributed by atoms with van der Waals surface area (Å²) in [7, 11) is -3.83. The number of rotatable bonds is 10. The van der Waals surface area contributed by atoms with E-state index in [9.17, 15) is 26.8 Å². The summed E-state index contributed by atoms with van der Waals surface area (Å²) >= 11 is 6.01. The number of benzene rings is 2. The second kappa shape index (κ2) is 10.7. The number of nitrogens with zero attached hydrogens (tertiary/aromatic N) is 1. The molecule has 0 aliphatic rings. The first kappa shape index (κ1) is 24.7. The summed E-state index contributed by atoms with van der Waals surface area (Å²) in [4.78, 5) is 24.5. The third-order valence-electron chi connectivity index (χ3n) is 4.24. The first-order valence-corrected chi connectivity index (χ1v) is 11.0. The van der Waals surface area contributed by atoms with Crippen molar-refractivity contribution in [1.82, 2.24) is 4.31 Å². The van der Waals surface area contributed by atoms with Crippen molar-refractivity contribution in [2.45, 2.75) is 25.4 Å². The fourth-order valence-electron chi connectivity index (χ4n) is 2.65. The van der Waals surface area contributed by atoms with Crippen LogP contribution in [0.3, 0.4) is 0 Å². The molecule has 0 spiro atoms. The Morgan fingerprint density at radius 1 is 1.06 bits per heavy atom. The van der Waals surface area contributed by atoms with Gasteiger partial charge in [-0.25, -0.2) is 13.2 Å². The quantitative estimate of drug-likeness (QED) is 0.381. The van der Waals surface area contributed by atoms with Crippen LogP contribution in [-0.4, -0.2) is 50.8 Å². The van der Waals surface area contributed by atoms with Gasteiger partial charge in [0.15, 0.2) is 12.4 Å². The number of halogens is 3. The van der Waals surface area contributed by atoms with Crippen LogP contribution in [0.25, 0.3) is 0 Å². The third-order valence-corrected chi connectivity index (χ3v) is 6.61. The molecule has 2 aromatic rings. The van der Waals surface area contributed by atoms with E-state index in [1.54, 1.807) is 13.8 Å². The molecule has 0 heterocycles. The van der Waals surface area contributed by atoms with Crippen LogP contribution in [0.5, 0.6) is 5.75 Å². The Morgan fingerprint density at radius 2 is 1.68 bits per heavy atom. The number of Topliss-reactive ketones (excluding diaryl/α,β-unsaturated/α-hetero) is 1. The van der Waals surface area contributed by atoms with Crippen LogP contribution in [0, 0.1) is 0 Å². The number of ether oxygens (including phenoxy) is 2. The van der Waals surface area contributed by atoms with Crippen molar-refractivity contribution < 1.29 is 36.3 Å². The number of hydrogen-bond acceptors (Lipinski definition) is 6. The van der Waals surface area contributed by atoms with Gasteiger partial charge >= 0.3 is 12.6 Å². The molecular weight excluding hydrogens is 456 g/mol. The third kappa shape index (κ3) is 6.22. The van der Waals surface area contributed by atoms with Gasteiger partial charge in [0.25, 0.3) is 0 Å². The highest BCUT2D eigenvalue weighted by Crippen LogP contribution is 2.24. The molecule has 0 radical (unpaired) electrons. The molecular formula is C20H20ClF2NO6S. The molecule has 11 heteroatoms. The van der Waals surface area contributed by atoms with Crippen molar-refractivity contribution >= 4 is 33.4 Å². The van der Waals surface area contributed by atoms with Gasteiger partial charge in [0.1, 0.15) is 5.75 Å². The van der Waals surface area contributed by atoms with Crippen molar-refractivity contribution in [3.05, 3.63) is 58.6 Å². The predicted molar refractivity (Wildman–Crippen MR) is 109 cm³/mol. The lowest BCUT2D eigenvalue weighted by atomic mass is 10.1. The van der Waals surface area contributed by atoms with Gasteiger partial charge in [0.05, 0.1) is 15.5 Å². The second-order valence-corrected chi connectivity index (χ2v) is 8.48. The summed E-state index contributed by atoms with van der Waals surface area (Å²) in [6.45, 7) is 0.215. The SMILES string of the molecule is CCN(CC)S(=O)(=O)c1ccc(Cl)c(C(=O)OCC(=O)c2ccc(OC(F)F)cc2)c1. The van der Waals surface area contributed by atoms with E-state index in [0.29, 0.717) is 0 Å². The highest BCUT2D eigenvalue weighted by atomic mass is 35.5. The molecule has 0 saturated carbocycles. The maximum absolute atomic E-state index is 12.6. The summed E-state index contributed by atoms with van der Waals surface area (Å²) in [5, 5.41) is -0.0375. The number of sulfonamides is 1. The molecule has 7 nitrogen and oxygen atoms in total. The van der Waals surface area contributed by atoms with Crippen molar-refractivity contribution in [2.75, 3.05) is 19.7 Å². The Balaban J connectivity index is 2.12. The lowest BCUT2D eigenvalue weighted by Crippen LogP contribution is -2.30. The monoisotopic (exact) mass is 475 g/mol. The van der Waals surface area contributed by atoms with Crippen LogP contribution in [0.1, 0.15) is 34.6 Å². The molecule has 31 heavy (non-hydrogen) atoms. The van der Waals surface area contributed by atoms with E-state index >= 15 is 0 Å². The highest BCUT2D eigenvalue weighted by Gasteiger charge is 2.24. The summed E-state index contributed by atoms with van der Waals surface area (Å²) in [6.07, 6.45) is 0. The summed E-state index contributed by atoms with van der Waals surface area (Å²) in [6, 6.07) is 8.49. The molecule has 2 aromatic carbocycles. The van der Waals surface area contributed by atoms with Crippen LogP contribution in [0.4, 0.5) is 8.78 Å². The van der Waals surface area contributed by atoms with Crippen LogP contribution in [-0.2, 0) is 14.8 Å². The standard InChI is InChI=1S/C20H20ClF2NO6S/c1-3-24(4-2)31(27,28)15-9-10-17(21)16(11-15)19(26)29-12-18(25)13-5-7-14(8-6-13)30-20(22)23/h5-11,20H,3-4,12H2,1-2H3. The Morgan fingerprint density at radius 3 is 2.23 bits per heavy atom. The first-order valence-electron chi connectivity index (χ1n) is 9.15.